The van der Waals surface area contributed by atoms with Crippen LogP contribution in [-0.4, -0.2) is 25.7 Å². The molecule has 40 valence electrons. The maximum atomic E-state index is 6.84. The predicted octanol–water partition coefficient (Wildman–Crippen LogP) is 0.0105. The molecular formula is C4H7NO2. The van der Waals surface area contributed by atoms with Crippen LogP contribution in [0.2, 0.25) is 0 Å². The van der Waals surface area contributed by atoms with E-state index in [2.05, 4.69) is 0 Å². The molecule has 0 saturated carbocycles. The summed E-state index contributed by atoms with van der Waals surface area (Å²) in [5.74, 6) is 0.242. The molecule has 0 atom stereocenters. The van der Waals surface area contributed by atoms with Crippen molar-refractivity contribution < 1.29 is 9.47 Å². The van der Waals surface area contributed by atoms with E-state index in [0.717, 1.165) is 0 Å². The van der Waals surface area contributed by atoms with E-state index < -0.39 is 0 Å². The van der Waals surface area contributed by atoms with Crippen LogP contribution in [-0.2, 0) is 9.47 Å². The van der Waals surface area contributed by atoms with Gasteiger partial charge in [-0.1, -0.05) is 0 Å². The van der Waals surface area contributed by atoms with E-state index in [-0.39, 0.29) is 5.90 Å². The molecule has 0 amide bonds. The highest BCUT2D eigenvalue weighted by Gasteiger charge is 2.02. The van der Waals surface area contributed by atoms with E-state index in [1.165, 1.54) is 0 Å². The molecule has 0 aromatic rings. The molecule has 3 heteroatoms. The Kier molecular flexibility index (Phi) is 1.26. The molecule has 0 aromatic carbocycles. The summed E-state index contributed by atoms with van der Waals surface area (Å²) in [6.45, 7) is 1.52. The van der Waals surface area contributed by atoms with E-state index in [1.807, 2.05) is 0 Å². The van der Waals surface area contributed by atoms with Crippen LogP contribution < -0.4 is 0 Å². The second kappa shape index (κ2) is 1.93. The van der Waals surface area contributed by atoms with Gasteiger partial charge < -0.3 is 9.47 Å². The monoisotopic (exact) mass is 101 g/mol. The van der Waals surface area contributed by atoms with Crippen LogP contribution in [0.5, 0.6) is 0 Å². The fourth-order valence-corrected chi connectivity index (χ4v) is 0.430. The van der Waals surface area contributed by atoms with Gasteiger partial charge in [-0.15, -0.1) is 0 Å². The highest BCUT2D eigenvalue weighted by molar-refractivity contribution is 5.74. The normalized spacial score (nSPS) is 21.4. The Balaban J connectivity index is 2.25. The van der Waals surface area contributed by atoms with Crippen molar-refractivity contribution in [3.63, 3.8) is 0 Å². The first-order chi connectivity index (χ1) is 3.39. The molecular weight excluding hydrogens is 94.0 g/mol. The third-order valence-corrected chi connectivity index (χ3v) is 0.737. The first kappa shape index (κ1) is 4.59. The van der Waals surface area contributed by atoms with E-state index in [4.69, 9.17) is 14.9 Å². The maximum Gasteiger partial charge on any atom is 0.207 e. The smallest absolute Gasteiger partial charge is 0.207 e. The van der Waals surface area contributed by atoms with Crippen molar-refractivity contribution in [1.29, 1.82) is 5.41 Å². The lowest BCUT2D eigenvalue weighted by molar-refractivity contribution is 0.0703. The number of rotatable bonds is 0. The van der Waals surface area contributed by atoms with Crippen molar-refractivity contribution in [3.05, 3.63) is 0 Å². The lowest BCUT2D eigenvalue weighted by Gasteiger charge is -2.12. The molecule has 1 rings (SSSR count). The fraction of sp³-hybridized carbons (Fsp3) is 0.750. The Morgan fingerprint density at radius 3 is 2.57 bits per heavy atom. The van der Waals surface area contributed by atoms with Crippen molar-refractivity contribution >= 4 is 5.90 Å². The van der Waals surface area contributed by atoms with Gasteiger partial charge in [0.15, 0.2) is 0 Å². The highest BCUT2D eigenvalue weighted by Crippen LogP contribution is 1.88. The van der Waals surface area contributed by atoms with Gasteiger partial charge in [0.1, 0.15) is 13.2 Å². The van der Waals surface area contributed by atoms with E-state index in [1.54, 1.807) is 0 Å². The van der Waals surface area contributed by atoms with Gasteiger partial charge in [-0.05, 0) is 0 Å². The van der Waals surface area contributed by atoms with Crippen LogP contribution >= 0.6 is 0 Å². The van der Waals surface area contributed by atoms with Crippen molar-refractivity contribution in [2.24, 2.45) is 0 Å². The zero-order valence-electron chi connectivity index (χ0n) is 3.94. The Morgan fingerprint density at radius 1 is 1.43 bits per heavy atom. The zero-order chi connectivity index (χ0) is 5.11. The molecule has 0 unspecified atom stereocenters. The van der Waals surface area contributed by atoms with Gasteiger partial charge >= 0.3 is 0 Å². The Labute approximate surface area is 41.7 Å². The standard InChI is InChI=1S/C4H7NO2/c5-4-3-6-1-2-7-4/h5H,1-3H2. The summed E-state index contributed by atoms with van der Waals surface area (Å²) in [6, 6.07) is 0. The van der Waals surface area contributed by atoms with Crippen LogP contribution in [0.3, 0.4) is 0 Å². The van der Waals surface area contributed by atoms with Crippen molar-refractivity contribution in [2.45, 2.75) is 0 Å². The molecule has 0 aliphatic carbocycles. The summed E-state index contributed by atoms with van der Waals surface area (Å²) in [7, 11) is 0. The van der Waals surface area contributed by atoms with Gasteiger partial charge in [0, 0.05) is 0 Å². The molecule has 1 aliphatic rings. The van der Waals surface area contributed by atoms with Crippen LogP contribution in [0, 0.1) is 5.41 Å². The summed E-state index contributed by atoms with van der Waals surface area (Å²) in [6.07, 6.45) is 0. The minimum absolute atomic E-state index is 0.242. The zero-order valence-corrected chi connectivity index (χ0v) is 3.94. The molecule has 1 aliphatic heterocycles. The number of nitrogens with one attached hydrogen (secondary N) is 1. The molecule has 0 spiro atoms. The molecule has 1 heterocycles. The minimum Gasteiger partial charge on any atom is -0.477 e. The van der Waals surface area contributed by atoms with Gasteiger partial charge in [0.25, 0.3) is 0 Å². The quantitative estimate of drug-likeness (QED) is 0.467. The van der Waals surface area contributed by atoms with Gasteiger partial charge in [-0.3, -0.25) is 5.41 Å². The van der Waals surface area contributed by atoms with E-state index >= 15 is 0 Å². The second-order valence-corrected chi connectivity index (χ2v) is 1.32. The molecule has 1 fully saturated rings. The molecule has 7 heavy (non-hydrogen) atoms. The average molecular weight is 101 g/mol. The van der Waals surface area contributed by atoms with Gasteiger partial charge in [0.05, 0.1) is 6.61 Å². The first-order valence-electron chi connectivity index (χ1n) is 2.17. The molecule has 1 N–H and O–H groups in total. The molecule has 0 aromatic heterocycles. The summed E-state index contributed by atoms with van der Waals surface area (Å²) in [5, 5.41) is 6.84. The topological polar surface area (TPSA) is 42.3 Å². The van der Waals surface area contributed by atoms with Crippen molar-refractivity contribution in [3.8, 4) is 0 Å². The summed E-state index contributed by atoms with van der Waals surface area (Å²) >= 11 is 0. The number of hydrogen-bond acceptors (Lipinski definition) is 3. The fourth-order valence-electron chi connectivity index (χ4n) is 0.430. The minimum atomic E-state index is 0.242. The molecule has 0 radical (unpaired) electrons. The lowest BCUT2D eigenvalue weighted by Crippen LogP contribution is -2.22. The van der Waals surface area contributed by atoms with Gasteiger partial charge in [0.2, 0.25) is 5.90 Å². The van der Waals surface area contributed by atoms with Gasteiger partial charge in [-0.25, -0.2) is 0 Å². The SMILES string of the molecule is N=C1COCCO1. The van der Waals surface area contributed by atoms with Crippen LogP contribution in [0.1, 0.15) is 0 Å². The Hall–Kier alpha value is -0.570. The van der Waals surface area contributed by atoms with Crippen LogP contribution in [0.4, 0.5) is 0 Å². The summed E-state index contributed by atoms with van der Waals surface area (Å²) in [4.78, 5) is 0. The largest absolute Gasteiger partial charge is 0.477 e. The Bertz CT molecular complexity index is 73.8. The molecule has 3 nitrogen and oxygen atoms in total. The second-order valence-electron chi connectivity index (χ2n) is 1.32. The lowest BCUT2D eigenvalue weighted by atomic mass is 10.6. The third-order valence-electron chi connectivity index (χ3n) is 0.737. The van der Waals surface area contributed by atoms with Crippen molar-refractivity contribution in [1.82, 2.24) is 0 Å². The van der Waals surface area contributed by atoms with Gasteiger partial charge in [-0.2, -0.15) is 0 Å². The molecule has 0 bridgehead atoms. The summed E-state index contributed by atoms with van der Waals surface area (Å²) in [5.41, 5.74) is 0. The number of ether oxygens (including phenoxy) is 2. The Morgan fingerprint density at radius 2 is 2.29 bits per heavy atom. The maximum absolute atomic E-state index is 6.84. The van der Waals surface area contributed by atoms with E-state index in [9.17, 15) is 0 Å². The first-order valence-corrected chi connectivity index (χ1v) is 2.17. The highest BCUT2D eigenvalue weighted by atomic mass is 16.6. The van der Waals surface area contributed by atoms with Crippen LogP contribution in [0.15, 0.2) is 0 Å². The summed E-state index contributed by atoms with van der Waals surface area (Å²) < 4.78 is 9.57. The predicted molar refractivity (Wildman–Crippen MR) is 24.5 cm³/mol. The average Bonchev–Trinajstić information content (AvgIpc) is 1.69. The number of hydrogen-bond donors (Lipinski definition) is 1. The van der Waals surface area contributed by atoms with E-state index in [0.29, 0.717) is 19.8 Å². The van der Waals surface area contributed by atoms with Crippen molar-refractivity contribution in [2.75, 3.05) is 19.8 Å². The third kappa shape index (κ3) is 1.16. The van der Waals surface area contributed by atoms with Crippen LogP contribution in [0.25, 0.3) is 0 Å². The molecule has 1 saturated heterocycles.